The van der Waals surface area contributed by atoms with E-state index >= 15 is 0 Å². The molecule has 1 aliphatic carbocycles. The molecule has 0 saturated heterocycles. The van der Waals surface area contributed by atoms with Crippen molar-refractivity contribution in [2.45, 2.75) is 12.3 Å². The lowest BCUT2D eigenvalue weighted by molar-refractivity contribution is 0.220. The third-order valence-corrected chi connectivity index (χ3v) is 5.10. The summed E-state index contributed by atoms with van der Waals surface area (Å²) in [4.78, 5) is 3.57. The average molecular weight is 323 g/mol. The zero-order valence-corrected chi connectivity index (χ0v) is 13.9. The van der Waals surface area contributed by atoms with Crippen molar-refractivity contribution in [2.75, 3.05) is 20.8 Å². The minimum atomic E-state index is 0.171. The van der Waals surface area contributed by atoms with E-state index in [1.807, 2.05) is 18.2 Å². The van der Waals surface area contributed by atoms with Crippen molar-refractivity contribution in [3.8, 4) is 11.5 Å². The molecule has 2 aromatic carbocycles. The fourth-order valence-electron chi connectivity index (χ4n) is 3.90. The normalized spacial score (nSPS) is 19.5. The molecular formula is C20H21NO3. The number of aliphatic hydroxyl groups is 1. The summed E-state index contributed by atoms with van der Waals surface area (Å²) < 4.78 is 10.6. The monoisotopic (exact) mass is 323 g/mol. The van der Waals surface area contributed by atoms with Crippen LogP contribution in [-0.2, 0) is 6.42 Å². The smallest absolute Gasteiger partial charge is 0.119 e. The van der Waals surface area contributed by atoms with Crippen molar-refractivity contribution >= 4 is 10.9 Å². The van der Waals surface area contributed by atoms with Gasteiger partial charge in [-0.25, -0.2) is 0 Å². The Kier molecular flexibility index (Phi) is 3.69. The maximum atomic E-state index is 9.90. The molecule has 1 heterocycles. The summed E-state index contributed by atoms with van der Waals surface area (Å²) in [5.74, 6) is 2.07. The molecule has 0 fully saturated rings. The Labute approximate surface area is 141 Å². The number of ether oxygens (including phenoxy) is 2. The Balaban J connectivity index is 1.83. The van der Waals surface area contributed by atoms with Gasteiger partial charge in [0.2, 0.25) is 0 Å². The minimum absolute atomic E-state index is 0.171. The summed E-state index contributed by atoms with van der Waals surface area (Å²) in [7, 11) is 3.36. The summed E-state index contributed by atoms with van der Waals surface area (Å²) in [6.45, 7) is 0.171. The molecule has 2 N–H and O–H groups in total. The molecule has 0 spiro atoms. The number of H-pyrrole nitrogens is 1. The number of benzene rings is 2. The van der Waals surface area contributed by atoms with Gasteiger partial charge in [-0.15, -0.1) is 0 Å². The van der Waals surface area contributed by atoms with E-state index in [0.717, 1.165) is 23.4 Å². The number of hydrogen-bond donors (Lipinski definition) is 2. The van der Waals surface area contributed by atoms with Gasteiger partial charge in [0.25, 0.3) is 0 Å². The molecule has 0 amide bonds. The average Bonchev–Trinajstić information content (AvgIpc) is 3.16. The SMILES string of the molecule is COc1ccc([C@@H]2c3[nH]c4ccc(OC)cc4c3C[C@H]2CO)cc1. The van der Waals surface area contributed by atoms with Crippen molar-refractivity contribution in [1.82, 2.24) is 4.98 Å². The summed E-state index contributed by atoms with van der Waals surface area (Å²) in [5.41, 5.74) is 4.83. The first-order valence-corrected chi connectivity index (χ1v) is 8.18. The van der Waals surface area contributed by atoms with Crippen LogP contribution in [0, 0.1) is 5.92 Å². The van der Waals surface area contributed by atoms with Crippen molar-refractivity contribution in [3.63, 3.8) is 0 Å². The molecule has 0 bridgehead atoms. The number of methoxy groups -OCH3 is 2. The number of fused-ring (bicyclic) bond motifs is 3. The van der Waals surface area contributed by atoms with Crippen LogP contribution in [0.2, 0.25) is 0 Å². The first-order valence-electron chi connectivity index (χ1n) is 8.18. The lowest BCUT2D eigenvalue weighted by atomic mass is 9.88. The van der Waals surface area contributed by atoms with Crippen molar-refractivity contribution in [2.24, 2.45) is 5.92 Å². The second-order valence-electron chi connectivity index (χ2n) is 6.33. The van der Waals surface area contributed by atoms with Gasteiger partial charge in [0.05, 0.1) is 14.2 Å². The number of aromatic nitrogens is 1. The topological polar surface area (TPSA) is 54.5 Å². The highest BCUT2D eigenvalue weighted by molar-refractivity contribution is 5.87. The van der Waals surface area contributed by atoms with Gasteiger partial charge in [-0.3, -0.25) is 0 Å². The first-order chi connectivity index (χ1) is 11.7. The highest BCUT2D eigenvalue weighted by atomic mass is 16.5. The summed E-state index contributed by atoms with van der Waals surface area (Å²) in [6.07, 6.45) is 0.871. The summed E-state index contributed by atoms with van der Waals surface area (Å²) in [6, 6.07) is 14.3. The van der Waals surface area contributed by atoms with Crippen LogP contribution in [0.5, 0.6) is 11.5 Å². The van der Waals surface area contributed by atoms with Crippen LogP contribution in [0.1, 0.15) is 22.7 Å². The van der Waals surface area contributed by atoms with Crippen molar-refractivity contribution in [1.29, 1.82) is 0 Å². The standard InChI is InChI=1S/C20H21NO3/c1-23-14-5-3-12(4-6-14)19-13(11-22)9-17-16-10-15(24-2)7-8-18(16)21-20(17)19/h3-8,10,13,19,21-22H,9,11H2,1-2H3/t13-,19-/m0/s1. The van der Waals surface area contributed by atoms with E-state index in [2.05, 4.69) is 29.2 Å². The van der Waals surface area contributed by atoms with Crippen LogP contribution in [0.4, 0.5) is 0 Å². The second kappa shape index (κ2) is 5.87. The van der Waals surface area contributed by atoms with Crippen LogP contribution in [0.3, 0.4) is 0 Å². The van der Waals surface area contributed by atoms with Gasteiger partial charge >= 0.3 is 0 Å². The fraction of sp³-hybridized carbons (Fsp3) is 0.300. The van der Waals surface area contributed by atoms with Crippen LogP contribution < -0.4 is 9.47 Å². The van der Waals surface area contributed by atoms with E-state index in [-0.39, 0.29) is 18.4 Å². The molecule has 0 radical (unpaired) electrons. The van der Waals surface area contributed by atoms with Gasteiger partial charge in [0, 0.05) is 29.1 Å². The van der Waals surface area contributed by atoms with Crippen LogP contribution >= 0.6 is 0 Å². The molecule has 124 valence electrons. The largest absolute Gasteiger partial charge is 0.497 e. The van der Waals surface area contributed by atoms with Crippen LogP contribution in [0.15, 0.2) is 42.5 Å². The Morgan fingerprint density at radius 3 is 2.42 bits per heavy atom. The van der Waals surface area contributed by atoms with E-state index in [9.17, 15) is 5.11 Å². The van der Waals surface area contributed by atoms with Crippen LogP contribution in [-0.4, -0.2) is 30.9 Å². The second-order valence-corrected chi connectivity index (χ2v) is 6.33. The number of rotatable bonds is 4. The molecular weight excluding hydrogens is 302 g/mol. The van der Waals surface area contributed by atoms with Gasteiger partial charge in [-0.2, -0.15) is 0 Å². The molecule has 4 heteroatoms. The lowest BCUT2D eigenvalue weighted by Crippen LogP contribution is -2.14. The van der Waals surface area contributed by atoms with Crippen molar-refractivity contribution < 1.29 is 14.6 Å². The molecule has 4 rings (SSSR count). The number of hydrogen-bond acceptors (Lipinski definition) is 3. The highest BCUT2D eigenvalue weighted by Crippen LogP contribution is 2.45. The van der Waals surface area contributed by atoms with E-state index in [1.165, 1.54) is 22.2 Å². The lowest BCUT2D eigenvalue weighted by Gasteiger charge is -2.19. The van der Waals surface area contributed by atoms with E-state index in [4.69, 9.17) is 9.47 Å². The Morgan fingerprint density at radius 1 is 1.04 bits per heavy atom. The zero-order valence-electron chi connectivity index (χ0n) is 13.9. The predicted molar refractivity (Wildman–Crippen MR) is 94.0 cm³/mol. The third-order valence-electron chi connectivity index (χ3n) is 5.10. The molecule has 1 aromatic heterocycles. The molecule has 0 saturated carbocycles. The van der Waals surface area contributed by atoms with Gasteiger partial charge in [0.15, 0.2) is 0 Å². The molecule has 2 atom stereocenters. The molecule has 4 nitrogen and oxygen atoms in total. The minimum Gasteiger partial charge on any atom is -0.497 e. The van der Waals surface area contributed by atoms with Crippen LogP contribution in [0.25, 0.3) is 10.9 Å². The van der Waals surface area contributed by atoms with Gasteiger partial charge in [0.1, 0.15) is 11.5 Å². The Morgan fingerprint density at radius 2 is 1.75 bits per heavy atom. The molecule has 24 heavy (non-hydrogen) atoms. The quantitative estimate of drug-likeness (QED) is 0.773. The van der Waals surface area contributed by atoms with Gasteiger partial charge in [-0.05, 0) is 53.8 Å². The summed E-state index contributed by atoms with van der Waals surface area (Å²) >= 11 is 0. The zero-order chi connectivity index (χ0) is 16.7. The molecule has 0 aliphatic heterocycles. The van der Waals surface area contributed by atoms with Gasteiger partial charge in [-0.1, -0.05) is 12.1 Å². The predicted octanol–water partition coefficient (Wildman–Crippen LogP) is 3.48. The maximum absolute atomic E-state index is 9.90. The Hall–Kier alpha value is -2.46. The number of aromatic amines is 1. The van der Waals surface area contributed by atoms with E-state index in [1.54, 1.807) is 14.2 Å². The molecule has 1 aliphatic rings. The van der Waals surface area contributed by atoms with Gasteiger partial charge < -0.3 is 19.6 Å². The molecule has 0 unspecified atom stereocenters. The molecule has 3 aromatic rings. The van der Waals surface area contributed by atoms with E-state index in [0.29, 0.717) is 0 Å². The number of aliphatic hydroxyl groups excluding tert-OH is 1. The highest BCUT2D eigenvalue weighted by Gasteiger charge is 2.36. The number of nitrogens with one attached hydrogen (secondary N) is 1. The fourth-order valence-corrected chi connectivity index (χ4v) is 3.90. The van der Waals surface area contributed by atoms with Crippen molar-refractivity contribution in [3.05, 3.63) is 59.3 Å². The van der Waals surface area contributed by atoms with E-state index < -0.39 is 0 Å². The first kappa shape index (κ1) is 15.1. The maximum Gasteiger partial charge on any atom is 0.119 e. The summed E-state index contributed by atoms with van der Waals surface area (Å²) in [5, 5.41) is 11.1. The Bertz CT molecular complexity index is 866. The third kappa shape index (κ3) is 2.26.